The Morgan fingerprint density at radius 1 is 1.29 bits per heavy atom. The number of hydrogen-bond donors (Lipinski definition) is 2. The van der Waals surface area contributed by atoms with Crippen molar-refractivity contribution in [1.29, 1.82) is 0 Å². The van der Waals surface area contributed by atoms with Crippen LogP contribution in [-0.2, 0) is 0 Å². The van der Waals surface area contributed by atoms with Gasteiger partial charge in [0.25, 0.3) is 0 Å². The molecule has 94 valence electrons. The average Bonchev–Trinajstić information content (AvgIpc) is 2.27. The van der Waals surface area contributed by atoms with E-state index in [2.05, 4.69) is 43.4 Å². The monoisotopic (exact) mass is 232 g/mol. The third-order valence-electron chi connectivity index (χ3n) is 3.98. The van der Waals surface area contributed by atoms with E-state index in [0.29, 0.717) is 5.41 Å². The zero-order chi connectivity index (χ0) is 12.3. The molecule has 3 N–H and O–H groups in total. The molecule has 0 amide bonds. The number of benzene rings is 1. The molecule has 1 unspecified atom stereocenters. The maximum Gasteiger partial charge on any atom is 0.0421 e. The van der Waals surface area contributed by atoms with Gasteiger partial charge in [0.15, 0.2) is 0 Å². The quantitative estimate of drug-likeness (QED) is 0.819. The number of nitrogens with two attached hydrogens (primary N) is 1. The standard InChI is InChI=1S/C15H24N2/c1-12-4-6-13(7-5-12)14(16)10-17-11-15(2)8-3-9-15/h4-7,14,17H,3,8-11,16H2,1-2H3. The Kier molecular flexibility index (Phi) is 3.85. The van der Waals surface area contributed by atoms with E-state index in [1.165, 1.54) is 30.4 Å². The van der Waals surface area contributed by atoms with Crippen LogP contribution in [-0.4, -0.2) is 13.1 Å². The third-order valence-corrected chi connectivity index (χ3v) is 3.98. The van der Waals surface area contributed by atoms with Gasteiger partial charge in [-0.15, -0.1) is 0 Å². The van der Waals surface area contributed by atoms with Gasteiger partial charge < -0.3 is 11.1 Å². The van der Waals surface area contributed by atoms with E-state index in [0.717, 1.165) is 13.1 Å². The van der Waals surface area contributed by atoms with Crippen molar-refractivity contribution in [3.63, 3.8) is 0 Å². The summed E-state index contributed by atoms with van der Waals surface area (Å²) in [4.78, 5) is 0. The first-order chi connectivity index (χ1) is 8.09. The lowest BCUT2D eigenvalue weighted by molar-refractivity contribution is 0.156. The highest BCUT2D eigenvalue weighted by molar-refractivity contribution is 5.24. The number of aryl methyl sites for hydroxylation is 1. The minimum atomic E-state index is 0.110. The lowest BCUT2D eigenvalue weighted by atomic mass is 9.70. The van der Waals surface area contributed by atoms with Gasteiger partial charge in [0.2, 0.25) is 0 Å². The number of hydrogen-bond acceptors (Lipinski definition) is 2. The zero-order valence-electron chi connectivity index (χ0n) is 11.0. The fourth-order valence-electron chi connectivity index (χ4n) is 2.42. The van der Waals surface area contributed by atoms with Crippen molar-refractivity contribution >= 4 is 0 Å². The van der Waals surface area contributed by atoms with Crippen LogP contribution in [0.3, 0.4) is 0 Å². The van der Waals surface area contributed by atoms with E-state index in [9.17, 15) is 0 Å². The van der Waals surface area contributed by atoms with Crippen molar-refractivity contribution in [3.05, 3.63) is 35.4 Å². The van der Waals surface area contributed by atoms with Crippen LogP contribution in [0.25, 0.3) is 0 Å². The van der Waals surface area contributed by atoms with Crippen molar-refractivity contribution in [2.75, 3.05) is 13.1 Å². The molecule has 0 heterocycles. The Labute approximate surface area is 105 Å². The third kappa shape index (κ3) is 3.30. The highest BCUT2D eigenvalue weighted by Gasteiger charge is 2.31. The molecule has 2 nitrogen and oxygen atoms in total. The second kappa shape index (κ2) is 5.19. The lowest BCUT2D eigenvalue weighted by Gasteiger charge is -2.38. The Bertz CT molecular complexity index is 352. The summed E-state index contributed by atoms with van der Waals surface area (Å²) in [6.45, 7) is 6.44. The van der Waals surface area contributed by atoms with Crippen LogP contribution in [0.5, 0.6) is 0 Å². The molecule has 1 saturated carbocycles. The van der Waals surface area contributed by atoms with Gasteiger partial charge in [0.1, 0.15) is 0 Å². The zero-order valence-corrected chi connectivity index (χ0v) is 11.0. The largest absolute Gasteiger partial charge is 0.323 e. The molecule has 1 aliphatic rings. The molecule has 1 aromatic carbocycles. The first-order valence-corrected chi connectivity index (χ1v) is 6.62. The van der Waals surface area contributed by atoms with Gasteiger partial charge in [-0.1, -0.05) is 43.2 Å². The summed E-state index contributed by atoms with van der Waals surface area (Å²) < 4.78 is 0. The van der Waals surface area contributed by atoms with E-state index >= 15 is 0 Å². The molecule has 17 heavy (non-hydrogen) atoms. The lowest BCUT2D eigenvalue weighted by Crippen LogP contribution is -2.39. The van der Waals surface area contributed by atoms with E-state index < -0.39 is 0 Å². The van der Waals surface area contributed by atoms with Crippen LogP contribution in [0.2, 0.25) is 0 Å². The number of rotatable bonds is 5. The predicted molar refractivity (Wildman–Crippen MR) is 72.9 cm³/mol. The summed E-state index contributed by atoms with van der Waals surface area (Å²) in [5, 5.41) is 3.52. The molecule has 2 heteroatoms. The Hall–Kier alpha value is -0.860. The Balaban J connectivity index is 1.77. The summed E-state index contributed by atoms with van der Waals surface area (Å²) in [6.07, 6.45) is 4.11. The van der Waals surface area contributed by atoms with Crippen molar-refractivity contribution in [2.45, 2.75) is 39.2 Å². The van der Waals surface area contributed by atoms with Crippen LogP contribution < -0.4 is 11.1 Å². The predicted octanol–water partition coefficient (Wildman–Crippen LogP) is 2.77. The second-order valence-corrected chi connectivity index (χ2v) is 5.81. The van der Waals surface area contributed by atoms with Crippen LogP contribution in [0.1, 0.15) is 43.4 Å². The van der Waals surface area contributed by atoms with Gasteiger partial charge >= 0.3 is 0 Å². The molecule has 1 aromatic rings. The highest BCUT2D eigenvalue weighted by atomic mass is 14.9. The SMILES string of the molecule is Cc1ccc(C(N)CNCC2(C)CCC2)cc1. The van der Waals surface area contributed by atoms with Crippen LogP contribution in [0.15, 0.2) is 24.3 Å². The van der Waals surface area contributed by atoms with Gasteiger partial charge in [-0.25, -0.2) is 0 Å². The molecule has 1 aliphatic carbocycles. The molecule has 1 fully saturated rings. The van der Waals surface area contributed by atoms with Gasteiger partial charge in [-0.2, -0.15) is 0 Å². The van der Waals surface area contributed by atoms with E-state index in [4.69, 9.17) is 5.73 Å². The minimum Gasteiger partial charge on any atom is -0.323 e. The normalized spacial score (nSPS) is 19.7. The molecule has 0 saturated heterocycles. The fourth-order valence-corrected chi connectivity index (χ4v) is 2.42. The minimum absolute atomic E-state index is 0.110. The molecule has 0 spiro atoms. The van der Waals surface area contributed by atoms with Gasteiger partial charge in [-0.3, -0.25) is 0 Å². The van der Waals surface area contributed by atoms with Crippen molar-refractivity contribution in [1.82, 2.24) is 5.32 Å². The highest BCUT2D eigenvalue weighted by Crippen LogP contribution is 2.39. The summed E-state index contributed by atoms with van der Waals surface area (Å²) in [6, 6.07) is 8.63. The smallest absolute Gasteiger partial charge is 0.0421 e. The van der Waals surface area contributed by atoms with Gasteiger partial charge in [-0.05, 0) is 30.7 Å². The van der Waals surface area contributed by atoms with Gasteiger partial charge in [0.05, 0.1) is 0 Å². The van der Waals surface area contributed by atoms with Crippen LogP contribution in [0.4, 0.5) is 0 Å². The molecular formula is C15H24N2. The maximum atomic E-state index is 6.17. The summed E-state index contributed by atoms with van der Waals surface area (Å²) in [7, 11) is 0. The molecule has 2 rings (SSSR count). The molecule has 0 aliphatic heterocycles. The second-order valence-electron chi connectivity index (χ2n) is 5.81. The first kappa shape index (κ1) is 12.6. The molecular weight excluding hydrogens is 208 g/mol. The average molecular weight is 232 g/mol. The van der Waals surface area contributed by atoms with E-state index in [-0.39, 0.29) is 6.04 Å². The molecule has 0 aromatic heterocycles. The fraction of sp³-hybridized carbons (Fsp3) is 0.600. The summed E-state index contributed by atoms with van der Waals surface area (Å²) in [5.74, 6) is 0. The van der Waals surface area contributed by atoms with Crippen molar-refractivity contribution < 1.29 is 0 Å². The summed E-state index contributed by atoms with van der Waals surface area (Å²) in [5.41, 5.74) is 9.22. The van der Waals surface area contributed by atoms with Crippen LogP contribution in [0, 0.1) is 12.3 Å². The first-order valence-electron chi connectivity index (χ1n) is 6.62. The molecule has 0 radical (unpaired) electrons. The van der Waals surface area contributed by atoms with E-state index in [1.807, 2.05) is 0 Å². The van der Waals surface area contributed by atoms with Gasteiger partial charge in [0, 0.05) is 19.1 Å². The maximum absolute atomic E-state index is 6.17. The topological polar surface area (TPSA) is 38.0 Å². The molecule has 1 atom stereocenters. The summed E-state index contributed by atoms with van der Waals surface area (Å²) >= 11 is 0. The van der Waals surface area contributed by atoms with Crippen molar-refractivity contribution in [2.24, 2.45) is 11.1 Å². The Morgan fingerprint density at radius 2 is 1.94 bits per heavy atom. The Morgan fingerprint density at radius 3 is 2.47 bits per heavy atom. The van der Waals surface area contributed by atoms with Crippen molar-refractivity contribution in [3.8, 4) is 0 Å². The number of nitrogens with one attached hydrogen (secondary N) is 1. The van der Waals surface area contributed by atoms with Crippen LogP contribution >= 0.6 is 0 Å². The molecule has 0 bridgehead atoms. The van der Waals surface area contributed by atoms with E-state index in [1.54, 1.807) is 0 Å².